The predicted octanol–water partition coefficient (Wildman–Crippen LogP) is 2.28. The first-order valence-corrected chi connectivity index (χ1v) is 10.9. The van der Waals surface area contributed by atoms with Crippen molar-refractivity contribution in [3.8, 4) is 0 Å². The van der Waals surface area contributed by atoms with Gasteiger partial charge in [-0.1, -0.05) is 0 Å². The zero-order valence-electron chi connectivity index (χ0n) is 15.1. The Morgan fingerprint density at radius 3 is 2.70 bits per heavy atom. The summed E-state index contributed by atoms with van der Waals surface area (Å²) < 4.78 is 0. The number of anilines is 2. The second kappa shape index (κ2) is 9.79. The number of thiazole rings is 2. The fourth-order valence-corrected chi connectivity index (χ4v) is 4.83. The van der Waals surface area contributed by atoms with Gasteiger partial charge in [-0.3, -0.25) is 9.69 Å². The molecule has 0 aliphatic carbocycles. The van der Waals surface area contributed by atoms with Crippen molar-refractivity contribution in [2.75, 3.05) is 49.5 Å². The molecule has 0 saturated carbocycles. The van der Waals surface area contributed by atoms with Crippen LogP contribution >= 0.6 is 35.1 Å². The lowest BCUT2D eigenvalue weighted by molar-refractivity contribution is -0.120. The molecule has 0 spiro atoms. The Morgan fingerprint density at radius 1 is 1.22 bits per heavy atom. The number of hydrogen-bond acceptors (Lipinski definition) is 8. The summed E-state index contributed by atoms with van der Waals surface area (Å²) >= 11 is 3.22. The van der Waals surface area contributed by atoms with Crippen molar-refractivity contribution in [3.05, 3.63) is 22.7 Å². The smallest absolute Gasteiger partial charge is 0.229 e. The summed E-state index contributed by atoms with van der Waals surface area (Å²) in [7, 11) is 0. The lowest BCUT2D eigenvalue weighted by Gasteiger charge is -2.34. The van der Waals surface area contributed by atoms with E-state index in [2.05, 4.69) is 35.8 Å². The van der Waals surface area contributed by atoms with Gasteiger partial charge in [0.1, 0.15) is 0 Å². The second-order valence-corrected chi connectivity index (χ2v) is 8.47. The monoisotopic (exact) mass is 428 g/mol. The Kier molecular flexibility index (Phi) is 7.42. The number of hydrogen-bond donors (Lipinski definition) is 2. The highest BCUT2D eigenvalue weighted by molar-refractivity contribution is 7.14. The molecule has 148 valence electrons. The zero-order valence-corrected chi connectivity index (χ0v) is 17.5. The summed E-state index contributed by atoms with van der Waals surface area (Å²) in [5.41, 5.74) is 1.04. The van der Waals surface area contributed by atoms with Crippen LogP contribution in [0, 0.1) is 5.92 Å². The maximum atomic E-state index is 12.3. The van der Waals surface area contributed by atoms with Gasteiger partial charge >= 0.3 is 0 Å². The fraction of sp³-hybridized carbons (Fsp3) is 0.588. The Bertz CT molecular complexity index is 711. The first-order chi connectivity index (χ1) is 12.8. The number of piperazine rings is 1. The number of nitrogens with zero attached hydrogens (tertiary/aromatic N) is 4. The van der Waals surface area contributed by atoms with E-state index in [0.29, 0.717) is 0 Å². The average Bonchev–Trinajstić information content (AvgIpc) is 3.35. The van der Waals surface area contributed by atoms with Crippen LogP contribution in [0.15, 0.2) is 17.0 Å². The van der Waals surface area contributed by atoms with Crippen LogP contribution in [0.4, 0.5) is 10.3 Å². The Labute approximate surface area is 173 Å². The van der Waals surface area contributed by atoms with Crippen LogP contribution in [-0.2, 0) is 11.3 Å². The van der Waals surface area contributed by atoms with Gasteiger partial charge in [-0.15, -0.1) is 35.1 Å². The molecule has 0 bridgehead atoms. The van der Waals surface area contributed by atoms with Crippen LogP contribution in [0.1, 0.15) is 18.5 Å². The van der Waals surface area contributed by atoms with Crippen LogP contribution in [0.25, 0.3) is 0 Å². The van der Waals surface area contributed by atoms with Crippen molar-refractivity contribution in [1.29, 1.82) is 0 Å². The highest BCUT2D eigenvalue weighted by atomic mass is 35.5. The van der Waals surface area contributed by atoms with E-state index < -0.39 is 0 Å². The third-order valence-electron chi connectivity index (χ3n) is 4.94. The fourth-order valence-electron chi connectivity index (χ4n) is 3.43. The average molecular weight is 429 g/mol. The molecule has 2 aliphatic rings. The van der Waals surface area contributed by atoms with E-state index in [4.69, 9.17) is 0 Å². The summed E-state index contributed by atoms with van der Waals surface area (Å²) in [5, 5.41) is 12.2. The van der Waals surface area contributed by atoms with Gasteiger partial charge in [0.05, 0.1) is 5.69 Å². The molecule has 0 unspecified atom stereocenters. The molecule has 4 rings (SSSR count). The lowest BCUT2D eigenvalue weighted by atomic mass is 9.97. The van der Waals surface area contributed by atoms with Crippen molar-refractivity contribution >= 4 is 51.3 Å². The number of aromatic nitrogens is 2. The van der Waals surface area contributed by atoms with E-state index in [0.717, 1.165) is 74.6 Å². The molecule has 0 atom stereocenters. The van der Waals surface area contributed by atoms with Crippen LogP contribution in [0.5, 0.6) is 0 Å². The third-order valence-corrected chi connectivity index (χ3v) is 6.58. The van der Waals surface area contributed by atoms with Gasteiger partial charge in [0.25, 0.3) is 0 Å². The third kappa shape index (κ3) is 5.39. The molecule has 2 aromatic heterocycles. The number of nitrogens with one attached hydrogen (secondary N) is 2. The molecule has 2 saturated heterocycles. The highest BCUT2D eigenvalue weighted by Gasteiger charge is 2.22. The lowest BCUT2D eigenvalue weighted by Crippen LogP contribution is -2.46. The van der Waals surface area contributed by atoms with E-state index in [-0.39, 0.29) is 24.2 Å². The van der Waals surface area contributed by atoms with Gasteiger partial charge in [0, 0.05) is 55.6 Å². The predicted molar refractivity (Wildman–Crippen MR) is 113 cm³/mol. The molecule has 10 heteroatoms. The second-order valence-electron chi connectivity index (χ2n) is 6.74. The van der Waals surface area contributed by atoms with Crippen molar-refractivity contribution < 1.29 is 4.79 Å². The summed E-state index contributed by atoms with van der Waals surface area (Å²) in [6, 6.07) is 0. The van der Waals surface area contributed by atoms with Crippen LogP contribution in [0.3, 0.4) is 0 Å². The molecule has 2 aliphatic heterocycles. The van der Waals surface area contributed by atoms with Gasteiger partial charge in [0.15, 0.2) is 10.3 Å². The first kappa shape index (κ1) is 20.5. The number of rotatable bonds is 5. The van der Waals surface area contributed by atoms with E-state index in [9.17, 15) is 4.79 Å². The van der Waals surface area contributed by atoms with E-state index in [1.807, 2.05) is 11.6 Å². The molecule has 2 N–H and O–H groups in total. The molecular formula is C17H25ClN6OS2. The van der Waals surface area contributed by atoms with Crippen LogP contribution in [0.2, 0.25) is 0 Å². The van der Waals surface area contributed by atoms with Gasteiger partial charge in [-0.25, -0.2) is 9.97 Å². The maximum Gasteiger partial charge on any atom is 0.229 e. The number of amides is 1. The molecule has 2 fully saturated rings. The summed E-state index contributed by atoms with van der Waals surface area (Å²) in [4.78, 5) is 26.1. The minimum Gasteiger partial charge on any atom is -0.346 e. The largest absolute Gasteiger partial charge is 0.346 e. The number of carbonyl (C=O) groups is 1. The highest BCUT2D eigenvalue weighted by Crippen LogP contribution is 2.22. The Balaban J connectivity index is 0.00000210. The molecule has 0 radical (unpaired) electrons. The molecule has 27 heavy (non-hydrogen) atoms. The Hall–Kier alpha value is -1.26. The van der Waals surface area contributed by atoms with Crippen molar-refractivity contribution in [1.82, 2.24) is 20.2 Å². The normalized spacial score (nSPS) is 18.9. The number of piperidine rings is 1. The van der Waals surface area contributed by atoms with Crippen LogP contribution in [-0.4, -0.2) is 60.0 Å². The van der Waals surface area contributed by atoms with Gasteiger partial charge in [-0.05, 0) is 25.9 Å². The Morgan fingerprint density at radius 2 is 2.00 bits per heavy atom. The van der Waals surface area contributed by atoms with Crippen molar-refractivity contribution in [3.63, 3.8) is 0 Å². The maximum absolute atomic E-state index is 12.3. The summed E-state index contributed by atoms with van der Waals surface area (Å²) in [6.45, 7) is 6.70. The van der Waals surface area contributed by atoms with Gasteiger partial charge in [-0.2, -0.15) is 0 Å². The first-order valence-electron chi connectivity index (χ1n) is 9.11. The minimum atomic E-state index is 0. The van der Waals surface area contributed by atoms with E-state index >= 15 is 0 Å². The molecule has 4 heterocycles. The van der Waals surface area contributed by atoms with Crippen LogP contribution < -0.4 is 15.5 Å². The van der Waals surface area contributed by atoms with Crippen molar-refractivity contribution in [2.24, 2.45) is 5.92 Å². The molecule has 2 aromatic rings. The zero-order chi connectivity index (χ0) is 17.8. The van der Waals surface area contributed by atoms with E-state index in [1.165, 1.54) is 11.3 Å². The molecule has 1 amide bonds. The number of halogens is 1. The van der Waals surface area contributed by atoms with E-state index in [1.54, 1.807) is 11.3 Å². The standard InChI is InChI=1S/C17H24N6OS2.ClH/c24-15(13-1-3-18-4-2-13)21-16-20-14(12-26-16)11-22-6-8-23(9-7-22)17-19-5-10-25-17;/h5,10,12-13,18H,1-4,6-9,11H2,(H,20,21,24);1H. The minimum absolute atomic E-state index is 0. The molecule has 7 nitrogen and oxygen atoms in total. The number of carbonyl (C=O) groups excluding carboxylic acids is 1. The quantitative estimate of drug-likeness (QED) is 0.761. The van der Waals surface area contributed by atoms with Crippen molar-refractivity contribution in [2.45, 2.75) is 19.4 Å². The topological polar surface area (TPSA) is 73.4 Å². The van der Waals surface area contributed by atoms with Gasteiger partial charge < -0.3 is 15.5 Å². The summed E-state index contributed by atoms with van der Waals surface area (Å²) in [6.07, 6.45) is 3.68. The SMILES string of the molecule is Cl.O=C(Nc1nc(CN2CCN(c3nccs3)CC2)cs1)C1CCNCC1. The van der Waals surface area contributed by atoms with Gasteiger partial charge in [0.2, 0.25) is 5.91 Å². The molecular weight excluding hydrogens is 404 g/mol. The summed E-state index contributed by atoms with van der Waals surface area (Å²) in [5.74, 6) is 0.229. The molecule has 0 aromatic carbocycles.